The molecule has 1 aliphatic rings. The largest absolute Gasteiger partial charge is 0.387 e. The lowest BCUT2D eigenvalue weighted by atomic mass is 10.0. The Kier molecular flexibility index (Phi) is 5.88. The molecule has 1 unspecified atom stereocenters. The average molecular weight is 243 g/mol. The van der Waals surface area contributed by atoms with Crippen molar-refractivity contribution in [2.24, 2.45) is 0 Å². The van der Waals surface area contributed by atoms with E-state index in [4.69, 9.17) is 0 Å². The Morgan fingerprint density at radius 1 is 1.59 bits per heavy atom. The predicted octanol–water partition coefficient (Wildman–Crippen LogP) is -0.441. The third-order valence-electron chi connectivity index (χ3n) is 3.05. The van der Waals surface area contributed by atoms with Crippen molar-refractivity contribution >= 4 is 5.91 Å². The zero-order valence-electron chi connectivity index (χ0n) is 11.0. The van der Waals surface area contributed by atoms with E-state index in [2.05, 4.69) is 17.6 Å². The molecule has 5 nitrogen and oxygen atoms in total. The Hall–Kier alpha value is -0.650. The Balaban J connectivity index is 2.19. The summed E-state index contributed by atoms with van der Waals surface area (Å²) >= 11 is 0. The van der Waals surface area contributed by atoms with Crippen LogP contribution in [0.2, 0.25) is 0 Å². The topological polar surface area (TPSA) is 64.6 Å². The van der Waals surface area contributed by atoms with Crippen LogP contribution in [0.5, 0.6) is 0 Å². The lowest BCUT2D eigenvalue weighted by Gasteiger charge is -2.27. The first-order valence-corrected chi connectivity index (χ1v) is 6.44. The van der Waals surface area contributed by atoms with Gasteiger partial charge in [0.2, 0.25) is 5.91 Å². The van der Waals surface area contributed by atoms with Gasteiger partial charge in [0.1, 0.15) is 0 Å². The van der Waals surface area contributed by atoms with E-state index in [0.29, 0.717) is 19.6 Å². The molecule has 0 saturated carbocycles. The molecule has 0 aromatic heterocycles. The first kappa shape index (κ1) is 14.4. The van der Waals surface area contributed by atoms with Crippen molar-refractivity contribution in [3.8, 4) is 0 Å². The van der Waals surface area contributed by atoms with Crippen LogP contribution in [0.4, 0.5) is 0 Å². The molecule has 0 bridgehead atoms. The van der Waals surface area contributed by atoms with Crippen LogP contribution in [-0.2, 0) is 4.79 Å². The number of rotatable bonds is 7. The van der Waals surface area contributed by atoms with Gasteiger partial charge in [0.05, 0.1) is 12.1 Å². The number of β-amino-alcohol motifs (C(OH)–C–C–N with tert-alkyl or cyclic N) is 1. The quantitative estimate of drug-likeness (QED) is 0.530. The van der Waals surface area contributed by atoms with Gasteiger partial charge in [-0.3, -0.25) is 9.69 Å². The molecule has 1 amide bonds. The Labute approximate surface area is 104 Å². The molecule has 3 N–H and O–H groups in total. The highest BCUT2D eigenvalue weighted by Gasteiger charge is 2.32. The van der Waals surface area contributed by atoms with Crippen molar-refractivity contribution in [2.45, 2.75) is 31.8 Å². The SMILES string of the molecule is CCCCNC(=O)CN(C)CC1(O)CCNC1. The van der Waals surface area contributed by atoms with Crippen LogP contribution < -0.4 is 10.6 Å². The first-order chi connectivity index (χ1) is 8.06. The maximum atomic E-state index is 11.6. The monoisotopic (exact) mass is 243 g/mol. The molecule has 17 heavy (non-hydrogen) atoms. The van der Waals surface area contributed by atoms with Gasteiger partial charge in [0, 0.05) is 19.6 Å². The van der Waals surface area contributed by atoms with Crippen molar-refractivity contribution in [1.82, 2.24) is 15.5 Å². The third kappa shape index (κ3) is 5.48. The van der Waals surface area contributed by atoms with E-state index in [1.54, 1.807) is 0 Å². The zero-order valence-corrected chi connectivity index (χ0v) is 11.0. The summed E-state index contributed by atoms with van der Waals surface area (Å²) in [4.78, 5) is 13.4. The number of hydrogen-bond acceptors (Lipinski definition) is 4. The molecule has 100 valence electrons. The van der Waals surface area contributed by atoms with Gasteiger partial charge in [-0.15, -0.1) is 0 Å². The summed E-state index contributed by atoms with van der Waals surface area (Å²) in [6, 6.07) is 0. The molecule has 0 aliphatic carbocycles. The van der Waals surface area contributed by atoms with E-state index in [-0.39, 0.29) is 5.91 Å². The molecular formula is C12H25N3O2. The minimum Gasteiger partial charge on any atom is -0.387 e. The fourth-order valence-corrected chi connectivity index (χ4v) is 2.13. The van der Waals surface area contributed by atoms with Crippen LogP contribution >= 0.6 is 0 Å². The smallest absolute Gasteiger partial charge is 0.234 e. The minimum atomic E-state index is -0.668. The molecular weight excluding hydrogens is 218 g/mol. The molecule has 0 aromatic carbocycles. The average Bonchev–Trinajstić information content (AvgIpc) is 2.64. The number of aliphatic hydroxyl groups is 1. The Morgan fingerprint density at radius 2 is 2.35 bits per heavy atom. The van der Waals surface area contributed by atoms with Crippen molar-refractivity contribution in [3.63, 3.8) is 0 Å². The lowest BCUT2D eigenvalue weighted by Crippen LogP contribution is -2.46. The molecule has 1 heterocycles. The van der Waals surface area contributed by atoms with Crippen LogP contribution in [-0.4, -0.2) is 61.3 Å². The van der Waals surface area contributed by atoms with Gasteiger partial charge in [0.25, 0.3) is 0 Å². The second-order valence-electron chi connectivity index (χ2n) is 5.03. The maximum absolute atomic E-state index is 11.6. The second-order valence-corrected chi connectivity index (χ2v) is 5.03. The van der Waals surface area contributed by atoms with E-state index >= 15 is 0 Å². The number of likely N-dealkylation sites (N-methyl/N-ethyl adjacent to an activating group) is 1. The Bertz CT molecular complexity index is 240. The summed E-state index contributed by atoms with van der Waals surface area (Å²) in [5, 5.41) is 16.2. The predicted molar refractivity (Wildman–Crippen MR) is 67.9 cm³/mol. The molecule has 1 atom stereocenters. The molecule has 0 radical (unpaired) electrons. The normalized spacial score (nSPS) is 24.2. The minimum absolute atomic E-state index is 0.0375. The highest BCUT2D eigenvalue weighted by Crippen LogP contribution is 2.14. The van der Waals surface area contributed by atoms with Crippen molar-refractivity contribution in [3.05, 3.63) is 0 Å². The van der Waals surface area contributed by atoms with E-state index in [0.717, 1.165) is 32.4 Å². The van der Waals surface area contributed by atoms with Gasteiger partial charge < -0.3 is 15.7 Å². The molecule has 0 spiro atoms. The van der Waals surface area contributed by atoms with E-state index in [1.807, 2.05) is 11.9 Å². The number of hydrogen-bond donors (Lipinski definition) is 3. The van der Waals surface area contributed by atoms with E-state index < -0.39 is 5.60 Å². The van der Waals surface area contributed by atoms with E-state index in [9.17, 15) is 9.90 Å². The van der Waals surface area contributed by atoms with Crippen molar-refractivity contribution in [2.75, 3.05) is 39.8 Å². The highest BCUT2D eigenvalue weighted by atomic mass is 16.3. The van der Waals surface area contributed by atoms with Crippen LogP contribution in [0.1, 0.15) is 26.2 Å². The third-order valence-corrected chi connectivity index (χ3v) is 3.05. The van der Waals surface area contributed by atoms with Gasteiger partial charge in [-0.25, -0.2) is 0 Å². The van der Waals surface area contributed by atoms with Gasteiger partial charge in [0.15, 0.2) is 0 Å². The number of unbranched alkanes of at least 4 members (excludes halogenated alkanes) is 1. The number of carbonyl (C=O) groups excluding carboxylic acids is 1. The van der Waals surface area contributed by atoms with Gasteiger partial charge in [-0.1, -0.05) is 13.3 Å². The van der Waals surface area contributed by atoms with E-state index in [1.165, 1.54) is 0 Å². The summed E-state index contributed by atoms with van der Waals surface area (Å²) in [7, 11) is 1.87. The summed E-state index contributed by atoms with van der Waals surface area (Å²) in [5.41, 5.74) is -0.668. The summed E-state index contributed by atoms with van der Waals surface area (Å²) in [6.07, 6.45) is 2.86. The van der Waals surface area contributed by atoms with Crippen LogP contribution in [0.25, 0.3) is 0 Å². The van der Waals surface area contributed by atoms with Gasteiger partial charge >= 0.3 is 0 Å². The standard InChI is InChI=1S/C12H25N3O2/c1-3-4-6-14-11(16)8-15(2)10-12(17)5-7-13-9-12/h13,17H,3-10H2,1-2H3,(H,14,16). The zero-order chi connectivity index (χ0) is 12.7. The van der Waals surface area contributed by atoms with Gasteiger partial charge in [-0.2, -0.15) is 0 Å². The number of nitrogens with one attached hydrogen (secondary N) is 2. The molecule has 1 aliphatic heterocycles. The fourth-order valence-electron chi connectivity index (χ4n) is 2.13. The van der Waals surface area contributed by atoms with Crippen LogP contribution in [0, 0.1) is 0 Å². The molecule has 1 saturated heterocycles. The van der Waals surface area contributed by atoms with Crippen LogP contribution in [0.15, 0.2) is 0 Å². The number of nitrogens with zero attached hydrogens (tertiary/aromatic N) is 1. The number of amides is 1. The highest BCUT2D eigenvalue weighted by molar-refractivity contribution is 5.77. The number of carbonyl (C=O) groups is 1. The summed E-state index contributed by atoms with van der Waals surface area (Å²) in [6.45, 7) is 5.21. The molecule has 1 fully saturated rings. The molecule has 1 rings (SSSR count). The molecule has 0 aromatic rings. The fraction of sp³-hybridized carbons (Fsp3) is 0.917. The summed E-state index contributed by atoms with van der Waals surface area (Å²) in [5.74, 6) is 0.0375. The Morgan fingerprint density at radius 3 is 2.94 bits per heavy atom. The van der Waals surface area contributed by atoms with Crippen molar-refractivity contribution in [1.29, 1.82) is 0 Å². The van der Waals surface area contributed by atoms with Crippen LogP contribution in [0.3, 0.4) is 0 Å². The van der Waals surface area contributed by atoms with Gasteiger partial charge in [-0.05, 0) is 26.4 Å². The maximum Gasteiger partial charge on any atom is 0.234 e. The van der Waals surface area contributed by atoms with Crippen molar-refractivity contribution < 1.29 is 9.90 Å². The lowest BCUT2D eigenvalue weighted by molar-refractivity contribution is -0.122. The molecule has 5 heteroatoms. The first-order valence-electron chi connectivity index (χ1n) is 6.44. The summed E-state index contributed by atoms with van der Waals surface area (Å²) < 4.78 is 0. The second kappa shape index (κ2) is 6.93.